The van der Waals surface area contributed by atoms with Crippen molar-refractivity contribution in [3.63, 3.8) is 0 Å². The summed E-state index contributed by atoms with van der Waals surface area (Å²) in [7, 11) is 0. The lowest BCUT2D eigenvalue weighted by Crippen LogP contribution is -2.29. The van der Waals surface area contributed by atoms with Crippen LogP contribution in [0.25, 0.3) is 22.1 Å². The molecule has 4 nitrogen and oxygen atoms in total. The molecular formula is C22H19NO3S. The number of nitrogens with one attached hydrogen (secondary N) is 1. The lowest BCUT2D eigenvalue weighted by molar-refractivity contribution is -0.120. The minimum Gasteiger partial charge on any atom is -0.458 e. The molecule has 1 amide bonds. The van der Waals surface area contributed by atoms with Gasteiger partial charge in [0, 0.05) is 10.9 Å². The van der Waals surface area contributed by atoms with Crippen molar-refractivity contribution in [2.75, 3.05) is 6.54 Å². The molecule has 2 aromatic heterocycles. The number of carbonyl (C=O) groups excluding carboxylic acids is 1. The fourth-order valence-corrected chi connectivity index (χ4v) is 3.73. The van der Waals surface area contributed by atoms with Crippen LogP contribution in [0.2, 0.25) is 0 Å². The normalized spacial score (nSPS) is 12.2. The lowest BCUT2D eigenvalue weighted by Gasteiger charge is -2.11. The van der Waals surface area contributed by atoms with Crippen molar-refractivity contribution in [3.05, 3.63) is 82.7 Å². The van der Waals surface area contributed by atoms with Crippen LogP contribution in [-0.4, -0.2) is 17.6 Å². The van der Waals surface area contributed by atoms with Crippen LogP contribution in [0.15, 0.2) is 75.8 Å². The number of thiophene rings is 1. The van der Waals surface area contributed by atoms with Gasteiger partial charge >= 0.3 is 0 Å². The molecule has 0 aliphatic heterocycles. The number of benzene rings is 2. The van der Waals surface area contributed by atoms with Gasteiger partial charge in [0.25, 0.3) is 0 Å². The first-order chi connectivity index (χ1) is 13.2. The first kappa shape index (κ1) is 17.5. The highest BCUT2D eigenvalue weighted by Gasteiger charge is 2.15. The molecule has 0 aliphatic carbocycles. The molecule has 0 radical (unpaired) electrons. The van der Waals surface area contributed by atoms with Crippen molar-refractivity contribution in [2.45, 2.75) is 12.5 Å². The Bertz CT molecular complexity index is 1050. The van der Waals surface area contributed by atoms with Crippen molar-refractivity contribution in [1.82, 2.24) is 5.32 Å². The average Bonchev–Trinajstić information content (AvgIpc) is 3.38. The topological polar surface area (TPSA) is 62.5 Å². The predicted molar refractivity (Wildman–Crippen MR) is 108 cm³/mol. The summed E-state index contributed by atoms with van der Waals surface area (Å²) in [6.45, 7) is 0.111. The van der Waals surface area contributed by atoms with Gasteiger partial charge in [-0.25, -0.2) is 0 Å². The Kier molecular flexibility index (Phi) is 5.05. The maximum Gasteiger partial charge on any atom is 0.224 e. The van der Waals surface area contributed by atoms with Crippen LogP contribution in [0.5, 0.6) is 0 Å². The van der Waals surface area contributed by atoms with E-state index in [1.54, 1.807) is 17.4 Å². The molecule has 5 heteroatoms. The van der Waals surface area contributed by atoms with Gasteiger partial charge in [-0.3, -0.25) is 4.79 Å². The first-order valence-corrected chi connectivity index (χ1v) is 9.69. The zero-order chi connectivity index (χ0) is 18.6. The van der Waals surface area contributed by atoms with Crippen LogP contribution in [0.1, 0.15) is 17.4 Å². The number of hydrogen-bond acceptors (Lipinski definition) is 4. The molecule has 0 bridgehead atoms. The summed E-state index contributed by atoms with van der Waals surface area (Å²) in [5.74, 6) is 1.03. The van der Waals surface area contributed by atoms with Crippen LogP contribution < -0.4 is 5.32 Å². The fourth-order valence-electron chi connectivity index (χ4n) is 3.08. The fraction of sp³-hybridized carbons (Fsp3) is 0.136. The number of amides is 1. The van der Waals surface area contributed by atoms with E-state index in [1.807, 2.05) is 65.4 Å². The van der Waals surface area contributed by atoms with E-state index in [-0.39, 0.29) is 18.9 Å². The summed E-state index contributed by atoms with van der Waals surface area (Å²) in [4.78, 5) is 12.3. The highest BCUT2D eigenvalue weighted by Crippen LogP contribution is 2.27. The number of rotatable bonds is 6. The maximum atomic E-state index is 12.3. The van der Waals surface area contributed by atoms with Gasteiger partial charge in [-0.1, -0.05) is 42.5 Å². The predicted octanol–water partition coefficient (Wildman–Crippen LogP) is 4.55. The smallest absolute Gasteiger partial charge is 0.224 e. The maximum absolute atomic E-state index is 12.3. The van der Waals surface area contributed by atoms with Gasteiger partial charge in [-0.15, -0.1) is 0 Å². The Morgan fingerprint density at radius 3 is 2.78 bits per heavy atom. The molecule has 1 atom stereocenters. The Balaban J connectivity index is 1.37. The molecule has 0 saturated heterocycles. The average molecular weight is 377 g/mol. The van der Waals surface area contributed by atoms with Crippen molar-refractivity contribution in [1.29, 1.82) is 0 Å². The largest absolute Gasteiger partial charge is 0.458 e. The minimum atomic E-state index is -0.881. The monoisotopic (exact) mass is 377 g/mol. The Morgan fingerprint density at radius 1 is 1.07 bits per heavy atom. The Hall–Kier alpha value is -2.89. The van der Waals surface area contributed by atoms with Gasteiger partial charge < -0.3 is 14.8 Å². The third kappa shape index (κ3) is 3.94. The van der Waals surface area contributed by atoms with Crippen LogP contribution in [0.3, 0.4) is 0 Å². The molecule has 4 rings (SSSR count). The summed E-state index contributed by atoms with van der Waals surface area (Å²) in [5.41, 5.74) is 1.95. The molecule has 2 aromatic carbocycles. The SMILES string of the molecule is O=C(Cc1cccc2ccccc12)NC[C@H](O)c1ccc(-c2ccsc2)o1. The highest BCUT2D eigenvalue weighted by molar-refractivity contribution is 7.08. The summed E-state index contributed by atoms with van der Waals surface area (Å²) >= 11 is 1.59. The van der Waals surface area contributed by atoms with E-state index in [4.69, 9.17) is 4.42 Å². The molecule has 0 aliphatic rings. The van der Waals surface area contributed by atoms with E-state index >= 15 is 0 Å². The van der Waals surface area contributed by atoms with E-state index in [9.17, 15) is 9.90 Å². The third-order valence-electron chi connectivity index (χ3n) is 4.48. The van der Waals surface area contributed by atoms with Gasteiger partial charge in [-0.2, -0.15) is 11.3 Å². The van der Waals surface area contributed by atoms with Crippen LogP contribution in [-0.2, 0) is 11.2 Å². The lowest BCUT2D eigenvalue weighted by atomic mass is 10.0. The summed E-state index contributed by atoms with van der Waals surface area (Å²) in [6, 6.07) is 19.5. The number of fused-ring (bicyclic) bond motifs is 1. The Morgan fingerprint density at radius 2 is 1.93 bits per heavy atom. The van der Waals surface area contributed by atoms with E-state index in [2.05, 4.69) is 5.32 Å². The molecule has 0 unspecified atom stereocenters. The molecule has 0 fully saturated rings. The second kappa shape index (κ2) is 7.78. The molecule has 4 aromatic rings. The number of hydrogen-bond donors (Lipinski definition) is 2. The molecular weight excluding hydrogens is 358 g/mol. The van der Waals surface area contributed by atoms with E-state index in [1.165, 1.54) is 0 Å². The molecule has 136 valence electrons. The number of aliphatic hydroxyl groups excluding tert-OH is 1. The Labute approximate surface area is 161 Å². The third-order valence-corrected chi connectivity index (χ3v) is 5.17. The van der Waals surface area contributed by atoms with Crippen LogP contribution in [0, 0.1) is 0 Å². The second-order valence-electron chi connectivity index (χ2n) is 6.35. The van der Waals surface area contributed by atoms with Crippen molar-refractivity contribution in [3.8, 4) is 11.3 Å². The number of carbonyl (C=O) groups is 1. The summed E-state index contributed by atoms with van der Waals surface area (Å²) in [6.07, 6.45) is -0.610. The van der Waals surface area contributed by atoms with Gasteiger partial charge in [-0.05, 0) is 39.9 Å². The van der Waals surface area contributed by atoms with E-state index in [0.29, 0.717) is 11.5 Å². The standard InChI is InChI=1S/C22H19NO3S/c24-19(21-9-8-20(26-21)17-10-11-27-14-17)13-23-22(25)12-16-6-3-5-15-4-1-2-7-18(15)16/h1-11,14,19,24H,12-13H2,(H,23,25)/t19-/m0/s1. The molecule has 0 saturated carbocycles. The summed E-state index contributed by atoms with van der Waals surface area (Å²) < 4.78 is 5.70. The van der Waals surface area contributed by atoms with Gasteiger partial charge in [0.15, 0.2) is 0 Å². The minimum absolute atomic E-state index is 0.111. The van der Waals surface area contributed by atoms with Gasteiger partial charge in [0.2, 0.25) is 5.91 Å². The highest BCUT2D eigenvalue weighted by atomic mass is 32.1. The molecule has 2 heterocycles. The quantitative estimate of drug-likeness (QED) is 0.518. The van der Waals surface area contributed by atoms with Crippen molar-refractivity contribution < 1.29 is 14.3 Å². The van der Waals surface area contributed by atoms with Crippen LogP contribution >= 0.6 is 11.3 Å². The van der Waals surface area contributed by atoms with Crippen LogP contribution in [0.4, 0.5) is 0 Å². The summed E-state index contributed by atoms with van der Waals surface area (Å²) in [5, 5.41) is 19.2. The molecule has 0 spiro atoms. The molecule has 2 N–H and O–H groups in total. The zero-order valence-corrected chi connectivity index (χ0v) is 15.4. The van der Waals surface area contributed by atoms with E-state index in [0.717, 1.165) is 21.9 Å². The number of furan rings is 1. The van der Waals surface area contributed by atoms with E-state index < -0.39 is 6.10 Å². The van der Waals surface area contributed by atoms with Crippen molar-refractivity contribution in [2.24, 2.45) is 0 Å². The second-order valence-corrected chi connectivity index (χ2v) is 7.13. The zero-order valence-electron chi connectivity index (χ0n) is 14.6. The molecule has 27 heavy (non-hydrogen) atoms. The number of aliphatic hydroxyl groups is 1. The first-order valence-electron chi connectivity index (χ1n) is 8.74. The van der Waals surface area contributed by atoms with Gasteiger partial charge in [0.05, 0.1) is 13.0 Å². The van der Waals surface area contributed by atoms with Gasteiger partial charge in [0.1, 0.15) is 17.6 Å². The van der Waals surface area contributed by atoms with Crippen molar-refractivity contribution >= 4 is 28.0 Å².